The lowest BCUT2D eigenvalue weighted by atomic mass is 9.97. The fourth-order valence-electron chi connectivity index (χ4n) is 3.64. The zero-order chi connectivity index (χ0) is 22.7. The summed E-state index contributed by atoms with van der Waals surface area (Å²) in [5.41, 5.74) is 4.47. The third-order valence-corrected chi connectivity index (χ3v) is 5.25. The van der Waals surface area contributed by atoms with Crippen LogP contribution >= 0.6 is 0 Å². The van der Waals surface area contributed by atoms with Crippen LogP contribution in [0.15, 0.2) is 91.5 Å². The van der Waals surface area contributed by atoms with E-state index in [4.69, 9.17) is 0 Å². The molecule has 0 N–H and O–H groups in total. The maximum atomic E-state index is 14.0. The number of ether oxygens (including phenoxy) is 1. The van der Waals surface area contributed by atoms with Crippen molar-refractivity contribution in [2.45, 2.75) is 19.2 Å². The number of aryl methyl sites for hydroxylation is 1. The van der Waals surface area contributed by atoms with Crippen molar-refractivity contribution in [3.63, 3.8) is 0 Å². The summed E-state index contributed by atoms with van der Waals surface area (Å²) < 4.78 is 54.7. The van der Waals surface area contributed by atoms with E-state index in [1.54, 1.807) is 0 Å². The predicted molar refractivity (Wildman–Crippen MR) is 120 cm³/mol. The van der Waals surface area contributed by atoms with E-state index in [2.05, 4.69) is 47.7 Å². The van der Waals surface area contributed by atoms with Crippen LogP contribution in [0.3, 0.4) is 0 Å². The minimum atomic E-state index is -4.93. The zero-order valence-electron chi connectivity index (χ0n) is 17.1. The van der Waals surface area contributed by atoms with Crippen LogP contribution in [0.4, 0.5) is 17.6 Å². The van der Waals surface area contributed by atoms with E-state index in [9.17, 15) is 17.6 Å². The summed E-state index contributed by atoms with van der Waals surface area (Å²) in [6, 6.07) is 23.6. The maximum Gasteiger partial charge on any atom is 0.573 e. The predicted octanol–water partition coefficient (Wildman–Crippen LogP) is 8.33. The van der Waals surface area contributed by atoms with Crippen molar-refractivity contribution < 1.29 is 22.3 Å². The first-order valence-corrected chi connectivity index (χ1v) is 10.1. The first-order valence-electron chi connectivity index (χ1n) is 10.1. The van der Waals surface area contributed by atoms with Crippen LogP contribution in [0.25, 0.3) is 33.0 Å². The molecule has 4 rings (SSSR count). The number of hydrogen-bond donors (Lipinski definition) is 0. The average Bonchev–Trinajstić information content (AvgIpc) is 2.78. The quantitative estimate of drug-likeness (QED) is 0.218. The molecule has 0 aliphatic rings. The van der Waals surface area contributed by atoms with E-state index in [1.165, 1.54) is 17.0 Å². The molecule has 4 aromatic carbocycles. The normalized spacial score (nSPS) is 11.5. The van der Waals surface area contributed by atoms with Gasteiger partial charge in [0.05, 0.1) is 0 Å². The van der Waals surface area contributed by atoms with Gasteiger partial charge in [0, 0.05) is 0 Å². The lowest BCUT2D eigenvalue weighted by Gasteiger charge is -2.11. The first-order chi connectivity index (χ1) is 15.3. The van der Waals surface area contributed by atoms with Crippen LogP contribution in [0.5, 0.6) is 5.75 Å². The van der Waals surface area contributed by atoms with Crippen molar-refractivity contribution >= 4 is 10.8 Å². The Morgan fingerprint density at radius 3 is 1.91 bits per heavy atom. The standard InChI is InChI=1S/C27H20F4O/c1-2-3-4-18-5-6-23-16-22(12-11-21(23)15-18)19-7-9-20(10-8-19)24-13-14-26(25(28)17-24)32-27(29,30)31/h2,5-17H,1,3-4H2. The number of benzene rings is 4. The van der Waals surface area contributed by atoms with Crippen LogP contribution in [0, 0.1) is 5.82 Å². The summed E-state index contributed by atoms with van der Waals surface area (Å²) in [7, 11) is 0. The largest absolute Gasteiger partial charge is 0.573 e. The van der Waals surface area contributed by atoms with Gasteiger partial charge in [-0.15, -0.1) is 19.8 Å². The second-order valence-electron chi connectivity index (χ2n) is 7.49. The van der Waals surface area contributed by atoms with Crippen molar-refractivity contribution in [3.8, 4) is 28.0 Å². The highest BCUT2D eigenvalue weighted by molar-refractivity contribution is 5.88. The Balaban J connectivity index is 1.56. The molecule has 0 bridgehead atoms. The molecule has 0 aliphatic heterocycles. The van der Waals surface area contributed by atoms with Crippen LogP contribution in [-0.2, 0) is 6.42 Å². The molecule has 1 nitrogen and oxygen atoms in total. The molecule has 0 spiro atoms. The fourth-order valence-corrected chi connectivity index (χ4v) is 3.64. The van der Waals surface area contributed by atoms with Gasteiger partial charge in [0.25, 0.3) is 0 Å². The third-order valence-electron chi connectivity index (χ3n) is 5.25. The van der Waals surface area contributed by atoms with E-state index in [0.29, 0.717) is 11.1 Å². The highest BCUT2D eigenvalue weighted by Crippen LogP contribution is 2.31. The number of allylic oxidation sites excluding steroid dienone is 1. The van der Waals surface area contributed by atoms with Gasteiger partial charge in [-0.2, -0.15) is 0 Å². The highest BCUT2D eigenvalue weighted by Gasteiger charge is 2.32. The summed E-state index contributed by atoms with van der Waals surface area (Å²) in [5, 5.41) is 2.31. The lowest BCUT2D eigenvalue weighted by molar-refractivity contribution is -0.275. The highest BCUT2D eigenvalue weighted by atomic mass is 19.4. The third kappa shape index (κ3) is 4.99. The summed E-state index contributed by atoms with van der Waals surface area (Å²) >= 11 is 0. The first kappa shape index (κ1) is 21.6. The smallest absolute Gasteiger partial charge is 0.403 e. The van der Waals surface area contributed by atoms with Crippen molar-refractivity contribution in [1.82, 2.24) is 0 Å². The van der Waals surface area contributed by atoms with Crippen LogP contribution < -0.4 is 4.74 Å². The molecule has 0 saturated heterocycles. The molecule has 0 heterocycles. The Morgan fingerprint density at radius 2 is 1.28 bits per heavy atom. The molecule has 0 atom stereocenters. The molecule has 0 saturated carbocycles. The van der Waals surface area contributed by atoms with Crippen molar-refractivity contribution in [3.05, 3.63) is 103 Å². The second kappa shape index (κ2) is 8.87. The van der Waals surface area contributed by atoms with Crippen molar-refractivity contribution in [2.24, 2.45) is 0 Å². The Labute approximate surface area is 183 Å². The topological polar surface area (TPSA) is 9.23 Å². The summed E-state index contributed by atoms with van der Waals surface area (Å²) in [4.78, 5) is 0. The van der Waals surface area contributed by atoms with Gasteiger partial charge in [0.15, 0.2) is 11.6 Å². The van der Waals surface area contributed by atoms with Crippen molar-refractivity contribution in [2.75, 3.05) is 0 Å². The van der Waals surface area contributed by atoms with Crippen LogP contribution in [0.2, 0.25) is 0 Å². The molecule has 0 unspecified atom stereocenters. The van der Waals surface area contributed by atoms with E-state index in [-0.39, 0.29) is 0 Å². The van der Waals surface area contributed by atoms with E-state index >= 15 is 0 Å². The number of alkyl halides is 3. The SMILES string of the molecule is C=CCCc1ccc2cc(-c3ccc(-c4ccc(OC(F)(F)F)c(F)c4)cc3)ccc2c1. The average molecular weight is 436 g/mol. The monoisotopic (exact) mass is 436 g/mol. The van der Waals surface area contributed by atoms with Gasteiger partial charge in [-0.25, -0.2) is 4.39 Å². The molecule has 0 amide bonds. The summed E-state index contributed by atoms with van der Waals surface area (Å²) in [6.45, 7) is 3.76. The van der Waals surface area contributed by atoms with Gasteiger partial charge < -0.3 is 4.74 Å². The molecule has 0 fully saturated rings. The number of hydrogen-bond acceptors (Lipinski definition) is 1. The minimum Gasteiger partial charge on any atom is -0.403 e. The second-order valence-corrected chi connectivity index (χ2v) is 7.49. The molecule has 0 aromatic heterocycles. The molecular formula is C27H20F4O. The van der Waals surface area contributed by atoms with Gasteiger partial charge >= 0.3 is 6.36 Å². The molecule has 5 heteroatoms. The molecule has 162 valence electrons. The Bertz CT molecular complexity index is 1260. The summed E-state index contributed by atoms with van der Waals surface area (Å²) in [6.07, 6.45) is -1.11. The van der Waals surface area contributed by atoms with Gasteiger partial charge in [-0.1, -0.05) is 66.7 Å². The molecule has 4 aromatic rings. The molecule has 32 heavy (non-hydrogen) atoms. The minimum absolute atomic E-state index is 0.467. The van der Waals surface area contributed by atoms with Crippen LogP contribution in [-0.4, -0.2) is 6.36 Å². The molecular weight excluding hydrogens is 416 g/mol. The fraction of sp³-hybridized carbons (Fsp3) is 0.111. The van der Waals surface area contributed by atoms with Gasteiger partial charge in [0.2, 0.25) is 0 Å². The molecule has 0 radical (unpaired) electrons. The Hall–Kier alpha value is -3.60. The number of fused-ring (bicyclic) bond motifs is 1. The van der Waals surface area contributed by atoms with Crippen LogP contribution in [0.1, 0.15) is 12.0 Å². The Kier molecular flexibility index (Phi) is 5.99. The van der Waals surface area contributed by atoms with Gasteiger partial charge in [-0.05, 0) is 69.6 Å². The number of rotatable bonds is 6. The van der Waals surface area contributed by atoms with Crippen molar-refractivity contribution in [1.29, 1.82) is 0 Å². The van der Waals surface area contributed by atoms with E-state index < -0.39 is 17.9 Å². The van der Waals surface area contributed by atoms with Gasteiger partial charge in [0.1, 0.15) is 0 Å². The zero-order valence-corrected chi connectivity index (χ0v) is 17.1. The lowest BCUT2D eigenvalue weighted by Crippen LogP contribution is -2.17. The van der Waals surface area contributed by atoms with E-state index in [1.807, 2.05) is 30.3 Å². The van der Waals surface area contributed by atoms with Gasteiger partial charge in [-0.3, -0.25) is 0 Å². The molecule has 0 aliphatic carbocycles. The Morgan fingerprint density at radius 1 is 0.719 bits per heavy atom. The van der Waals surface area contributed by atoms with E-state index in [0.717, 1.165) is 41.5 Å². The maximum absolute atomic E-state index is 14.0. The summed E-state index contributed by atoms with van der Waals surface area (Å²) in [5.74, 6) is -1.91. The number of halogens is 4.